The summed E-state index contributed by atoms with van der Waals surface area (Å²) in [5, 5.41) is -0.101. The van der Waals surface area contributed by atoms with Gasteiger partial charge in [0.25, 0.3) is 0 Å². The van der Waals surface area contributed by atoms with E-state index in [0.29, 0.717) is 6.42 Å². The molecule has 0 saturated carbocycles. The summed E-state index contributed by atoms with van der Waals surface area (Å²) in [5.41, 5.74) is 0.280. The number of benzene rings is 1. The summed E-state index contributed by atoms with van der Waals surface area (Å²) < 4.78 is 38.2. The topological polar surface area (TPSA) is 46.2 Å². The third kappa shape index (κ3) is 3.98. The molecule has 0 aliphatic rings. The molecule has 0 aliphatic carbocycles. The first-order valence-electron chi connectivity index (χ1n) is 4.90. The van der Waals surface area contributed by atoms with Gasteiger partial charge in [-0.15, -0.1) is 0 Å². The Kier molecular flexibility index (Phi) is 4.56. The summed E-state index contributed by atoms with van der Waals surface area (Å²) in [7, 11) is -3.36. The van der Waals surface area contributed by atoms with Crippen molar-refractivity contribution >= 4 is 27.3 Å². The minimum absolute atomic E-state index is 0.0541. The van der Waals surface area contributed by atoms with Crippen LogP contribution in [0.15, 0.2) is 18.2 Å². The van der Waals surface area contributed by atoms with Crippen molar-refractivity contribution in [1.29, 1.82) is 0 Å². The van der Waals surface area contributed by atoms with E-state index in [1.807, 2.05) is 6.92 Å². The Morgan fingerprint density at radius 3 is 2.69 bits per heavy atom. The maximum absolute atomic E-state index is 12.8. The highest BCUT2D eigenvalue weighted by molar-refractivity contribution is 7.92. The zero-order valence-corrected chi connectivity index (χ0v) is 10.4. The summed E-state index contributed by atoms with van der Waals surface area (Å²) in [5.74, 6) is -0.517. The highest BCUT2D eigenvalue weighted by Crippen LogP contribution is 2.20. The molecule has 0 heterocycles. The van der Waals surface area contributed by atoms with E-state index in [9.17, 15) is 12.8 Å². The number of rotatable bonds is 5. The molecule has 1 aromatic carbocycles. The second-order valence-corrected chi connectivity index (χ2v) is 5.65. The lowest BCUT2D eigenvalue weighted by molar-refractivity contribution is 0.597. The molecular weight excluding hydrogens is 253 g/mol. The Labute approximate surface area is 99.7 Å². The molecule has 0 spiro atoms. The van der Waals surface area contributed by atoms with Crippen LogP contribution in [0.3, 0.4) is 0 Å². The van der Waals surface area contributed by atoms with Gasteiger partial charge < -0.3 is 0 Å². The van der Waals surface area contributed by atoms with E-state index in [2.05, 4.69) is 4.72 Å². The van der Waals surface area contributed by atoms with Gasteiger partial charge in [0.1, 0.15) is 5.82 Å². The lowest BCUT2D eigenvalue weighted by Crippen LogP contribution is -2.16. The molecule has 0 radical (unpaired) electrons. The van der Waals surface area contributed by atoms with Gasteiger partial charge in [-0.05, 0) is 24.6 Å². The molecule has 0 unspecified atom stereocenters. The van der Waals surface area contributed by atoms with Gasteiger partial charge in [-0.3, -0.25) is 4.72 Å². The molecular formula is C10H13ClFNO2S. The first-order valence-corrected chi connectivity index (χ1v) is 6.93. The summed E-state index contributed by atoms with van der Waals surface area (Å²) in [6.45, 7) is 1.91. The second-order valence-electron chi connectivity index (χ2n) is 3.40. The first-order chi connectivity index (χ1) is 7.44. The zero-order chi connectivity index (χ0) is 12.2. The molecule has 0 bridgehead atoms. The van der Waals surface area contributed by atoms with Gasteiger partial charge in [0.15, 0.2) is 0 Å². The molecule has 0 aromatic heterocycles. The van der Waals surface area contributed by atoms with Crippen molar-refractivity contribution in [2.75, 3.05) is 10.5 Å². The van der Waals surface area contributed by atoms with Crippen molar-refractivity contribution in [3.05, 3.63) is 29.0 Å². The smallest absolute Gasteiger partial charge is 0.232 e. The Bertz CT molecular complexity index is 462. The Morgan fingerprint density at radius 1 is 1.44 bits per heavy atom. The van der Waals surface area contributed by atoms with Gasteiger partial charge in [0, 0.05) is 0 Å². The number of anilines is 1. The molecule has 1 rings (SSSR count). The summed E-state index contributed by atoms with van der Waals surface area (Å²) in [6, 6.07) is 3.71. The molecule has 6 heteroatoms. The molecule has 16 heavy (non-hydrogen) atoms. The predicted molar refractivity (Wildman–Crippen MR) is 63.7 cm³/mol. The van der Waals surface area contributed by atoms with Gasteiger partial charge in [-0.2, -0.15) is 0 Å². The molecule has 3 nitrogen and oxygen atoms in total. The van der Waals surface area contributed by atoms with Crippen molar-refractivity contribution in [1.82, 2.24) is 0 Å². The number of halogens is 2. The van der Waals surface area contributed by atoms with Crippen LogP contribution in [0.25, 0.3) is 0 Å². The quantitative estimate of drug-likeness (QED) is 0.890. The minimum Gasteiger partial charge on any atom is -0.284 e. The van der Waals surface area contributed by atoms with Crippen LogP contribution in [0.2, 0.25) is 5.02 Å². The molecule has 0 saturated heterocycles. The average molecular weight is 266 g/mol. The van der Waals surface area contributed by atoms with E-state index in [4.69, 9.17) is 11.6 Å². The van der Waals surface area contributed by atoms with Crippen LogP contribution in [0.5, 0.6) is 0 Å². The number of hydrogen-bond acceptors (Lipinski definition) is 2. The monoisotopic (exact) mass is 265 g/mol. The number of nitrogens with one attached hydrogen (secondary N) is 1. The van der Waals surface area contributed by atoms with E-state index < -0.39 is 15.8 Å². The van der Waals surface area contributed by atoms with Crippen LogP contribution >= 0.6 is 11.6 Å². The maximum Gasteiger partial charge on any atom is 0.232 e. The largest absolute Gasteiger partial charge is 0.284 e. The molecule has 0 fully saturated rings. The van der Waals surface area contributed by atoms with E-state index in [-0.39, 0.29) is 16.5 Å². The van der Waals surface area contributed by atoms with Gasteiger partial charge >= 0.3 is 0 Å². The van der Waals surface area contributed by atoms with Crippen molar-refractivity contribution in [2.24, 2.45) is 0 Å². The third-order valence-corrected chi connectivity index (χ3v) is 3.62. The van der Waals surface area contributed by atoms with E-state index in [1.54, 1.807) is 0 Å². The highest BCUT2D eigenvalue weighted by Gasteiger charge is 2.10. The van der Waals surface area contributed by atoms with Gasteiger partial charge in [0.2, 0.25) is 10.0 Å². The Morgan fingerprint density at radius 2 is 2.12 bits per heavy atom. The summed E-state index contributed by atoms with van der Waals surface area (Å²) in [6.07, 6.45) is 1.38. The highest BCUT2D eigenvalue weighted by atomic mass is 35.5. The van der Waals surface area contributed by atoms with Crippen LogP contribution in [-0.4, -0.2) is 14.2 Å². The van der Waals surface area contributed by atoms with Gasteiger partial charge in [-0.1, -0.05) is 24.9 Å². The fourth-order valence-corrected chi connectivity index (χ4v) is 2.56. The minimum atomic E-state index is -3.36. The van der Waals surface area contributed by atoms with Crippen molar-refractivity contribution in [3.63, 3.8) is 0 Å². The van der Waals surface area contributed by atoms with E-state index in [1.165, 1.54) is 12.1 Å². The number of unbranched alkanes of at least 4 members (excludes halogenated alkanes) is 1. The lowest BCUT2D eigenvalue weighted by atomic mass is 10.3. The summed E-state index contributed by atoms with van der Waals surface area (Å²) >= 11 is 5.54. The van der Waals surface area contributed by atoms with Crippen molar-refractivity contribution in [3.8, 4) is 0 Å². The van der Waals surface area contributed by atoms with Crippen LogP contribution < -0.4 is 4.72 Å². The van der Waals surface area contributed by atoms with Gasteiger partial charge in [-0.25, -0.2) is 12.8 Å². The van der Waals surface area contributed by atoms with Crippen LogP contribution in [0.1, 0.15) is 19.8 Å². The number of hydrogen-bond donors (Lipinski definition) is 1. The Balaban J connectivity index is 2.76. The van der Waals surface area contributed by atoms with E-state index >= 15 is 0 Å². The second kappa shape index (κ2) is 5.50. The molecule has 90 valence electrons. The van der Waals surface area contributed by atoms with E-state index in [0.717, 1.165) is 12.5 Å². The van der Waals surface area contributed by atoms with Crippen LogP contribution in [-0.2, 0) is 10.0 Å². The normalized spacial score (nSPS) is 11.4. The fraction of sp³-hybridized carbons (Fsp3) is 0.400. The SMILES string of the molecule is CCCCS(=O)(=O)Nc1ccc(F)c(Cl)c1. The first kappa shape index (κ1) is 13.3. The van der Waals surface area contributed by atoms with Crippen molar-refractivity contribution in [2.45, 2.75) is 19.8 Å². The van der Waals surface area contributed by atoms with Crippen LogP contribution in [0, 0.1) is 5.82 Å². The zero-order valence-electron chi connectivity index (χ0n) is 8.83. The molecule has 0 atom stereocenters. The fourth-order valence-electron chi connectivity index (χ4n) is 1.12. The molecule has 0 amide bonds. The maximum atomic E-state index is 12.8. The van der Waals surface area contributed by atoms with Crippen molar-refractivity contribution < 1.29 is 12.8 Å². The molecule has 1 N–H and O–H groups in total. The molecule has 0 aliphatic heterocycles. The van der Waals surface area contributed by atoms with Gasteiger partial charge in [0.05, 0.1) is 16.5 Å². The Hall–Kier alpha value is -0.810. The number of sulfonamides is 1. The predicted octanol–water partition coefficient (Wildman–Crippen LogP) is 3.02. The standard InChI is InChI=1S/C10H13ClFNO2S/c1-2-3-6-16(14,15)13-8-4-5-10(12)9(11)7-8/h4-5,7,13H,2-3,6H2,1H3. The third-order valence-electron chi connectivity index (χ3n) is 1.96. The van der Waals surface area contributed by atoms with Crippen LogP contribution in [0.4, 0.5) is 10.1 Å². The average Bonchev–Trinajstić information content (AvgIpc) is 2.20. The molecule has 1 aromatic rings. The summed E-state index contributed by atoms with van der Waals surface area (Å²) in [4.78, 5) is 0. The lowest BCUT2D eigenvalue weighted by Gasteiger charge is -2.07.